The van der Waals surface area contributed by atoms with Crippen molar-refractivity contribution in [3.8, 4) is 0 Å². The minimum Gasteiger partial charge on any atom is -0.462 e. The highest BCUT2D eigenvalue weighted by Crippen LogP contribution is 2.18. The van der Waals surface area contributed by atoms with Gasteiger partial charge in [0.15, 0.2) is 6.10 Å². The second-order valence-corrected chi connectivity index (χ2v) is 21.1. The summed E-state index contributed by atoms with van der Waals surface area (Å²) in [6.45, 7) is 9.08. The van der Waals surface area contributed by atoms with E-state index in [2.05, 4.69) is 27.7 Å². The lowest BCUT2D eigenvalue weighted by Gasteiger charge is -2.18. The monoisotopic (exact) mass is 933 g/mol. The van der Waals surface area contributed by atoms with Crippen LogP contribution < -0.4 is 0 Å². The van der Waals surface area contributed by atoms with Gasteiger partial charge in [0.1, 0.15) is 13.2 Å². The standard InChI is InChI=1S/C60H116O6/c1-5-7-9-11-13-15-17-19-20-21-26-29-33-37-41-45-49-53-60(63)66-57(54-64-58(61)51-47-43-39-35-31-18-16-14-12-10-8-6-2)55-65-59(62)52-48-44-40-36-32-28-25-23-22-24-27-30-34-38-42-46-50-56(3)4/h56-57H,5-55H2,1-4H3/t57-/m1/s1. The number of esters is 3. The van der Waals surface area contributed by atoms with E-state index in [0.29, 0.717) is 19.3 Å². The quantitative estimate of drug-likeness (QED) is 0.0343. The molecule has 0 fully saturated rings. The molecular formula is C60H116O6. The van der Waals surface area contributed by atoms with E-state index >= 15 is 0 Å². The van der Waals surface area contributed by atoms with Crippen LogP contribution in [0, 0.1) is 5.92 Å². The van der Waals surface area contributed by atoms with Crippen LogP contribution in [0.5, 0.6) is 0 Å². The zero-order valence-electron chi connectivity index (χ0n) is 45.2. The van der Waals surface area contributed by atoms with Crippen molar-refractivity contribution in [3.05, 3.63) is 0 Å². The summed E-state index contributed by atoms with van der Waals surface area (Å²) in [5.41, 5.74) is 0. The normalized spacial score (nSPS) is 12.0. The van der Waals surface area contributed by atoms with Gasteiger partial charge in [-0.1, -0.05) is 304 Å². The van der Waals surface area contributed by atoms with Crippen molar-refractivity contribution in [1.29, 1.82) is 0 Å². The summed E-state index contributed by atoms with van der Waals surface area (Å²) in [5.74, 6) is 0.0201. The van der Waals surface area contributed by atoms with Crippen LogP contribution >= 0.6 is 0 Å². The fourth-order valence-corrected chi connectivity index (χ4v) is 9.28. The number of ether oxygens (including phenoxy) is 3. The minimum absolute atomic E-state index is 0.0616. The Morgan fingerprint density at radius 3 is 0.742 bits per heavy atom. The van der Waals surface area contributed by atoms with Gasteiger partial charge in [-0.05, 0) is 25.2 Å². The summed E-state index contributed by atoms with van der Waals surface area (Å²) in [7, 11) is 0. The predicted octanol–water partition coefficient (Wildman–Crippen LogP) is 19.8. The molecule has 6 heteroatoms. The van der Waals surface area contributed by atoms with Crippen LogP contribution in [-0.4, -0.2) is 37.2 Å². The second-order valence-electron chi connectivity index (χ2n) is 21.1. The first-order valence-electron chi connectivity index (χ1n) is 29.9. The second kappa shape index (κ2) is 54.4. The average molecular weight is 934 g/mol. The SMILES string of the molecule is CCCCCCCCCCCCCCCCCCCC(=O)O[C@H](COC(=O)CCCCCCCCCCCCCC)COC(=O)CCCCCCCCCCCCCCCCCCC(C)C. The van der Waals surface area contributed by atoms with Gasteiger partial charge in [-0.15, -0.1) is 0 Å². The smallest absolute Gasteiger partial charge is 0.306 e. The van der Waals surface area contributed by atoms with Gasteiger partial charge in [-0.25, -0.2) is 0 Å². The largest absolute Gasteiger partial charge is 0.462 e. The Labute approximate surface area is 412 Å². The predicted molar refractivity (Wildman–Crippen MR) is 284 cm³/mol. The third-order valence-electron chi connectivity index (χ3n) is 13.8. The van der Waals surface area contributed by atoms with E-state index in [0.717, 1.165) is 63.7 Å². The Hall–Kier alpha value is -1.59. The number of hydrogen-bond acceptors (Lipinski definition) is 6. The molecular weight excluding hydrogens is 817 g/mol. The number of hydrogen-bond donors (Lipinski definition) is 0. The van der Waals surface area contributed by atoms with Crippen molar-refractivity contribution in [2.24, 2.45) is 5.92 Å². The molecule has 0 bridgehead atoms. The van der Waals surface area contributed by atoms with Gasteiger partial charge >= 0.3 is 17.9 Å². The first kappa shape index (κ1) is 64.4. The molecule has 0 aromatic heterocycles. The molecule has 1 atom stereocenters. The van der Waals surface area contributed by atoms with Crippen LogP contribution in [-0.2, 0) is 28.6 Å². The fourth-order valence-electron chi connectivity index (χ4n) is 9.28. The minimum atomic E-state index is -0.762. The lowest BCUT2D eigenvalue weighted by atomic mass is 10.0. The summed E-state index contributed by atoms with van der Waals surface area (Å²) < 4.78 is 16.9. The summed E-state index contributed by atoms with van der Waals surface area (Å²) >= 11 is 0. The van der Waals surface area contributed by atoms with E-state index < -0.39 is 6.10 Å². The number of rotatable bonds is 55. The van der Waals surface area contributed by atoms with Crippen LogP contribution in [0.4, 0.5) is 0 Å². The van der Waals surface area contributed by atoms with Crippen LogP contribution in [0.2, 0.25) is 0 Å². The average Bonchev–Trinajstić information content (AvgIpc) is 3.30. The molecule has 6 nitrogen and oxygen atoms in total. The van der Waals surface area contributed by atoms with Gasteiger partial charge in [0.25, 0.3) is 0 Å². The molecule has 392 valence electrons. The third kappa shape index (κ3) is 53.4. The van der Waals surface area contributed by atoms with Gasteiger partial charge in [0.2, 0.25) is 0 Å². The number of unbranched alkanes of at least 4 members (excludes halogenated alkanes) is 42. The zero-order chi connectivity index (χ0) is 48.1. The summed E-state index contributed by atoms with van der Waals surface area (Å²) in [6.07, 6.45) is 59.5. The Morgan fingerprint density at radius 2 is 0.500 bits per heavy atom. The van der Waals surface area contributed by atoms with Crippen molar-refractivity contribution in [2.45, 2.75) is 348 Å². The molecule has 0 aliphatic heterocycles. The van der Waals surface area contributed by atoms with E-state index in [4.69, 9.17) is 14.2 Å². The van der Waals surface area contributed by atoms with Gasteiger partial charge in [-0.3, -0.25) is 14.4 Å². The van der Waals surface area contributed by atoms with Crippen LogP contribution in [0.15, 0.2) is 0 Å². The van der Waals surface area contributed by atoms with Crippen molar-refractivity contribution in [2.75, 3.05) is 13.2 Å². The van der Waals surface area contributed by atoms with Crippen molar-refractivity contribution in [3.63, 3.8) is 0 Å². The number of carbonyl (C=O) groups excluding carboxylic acids is 3. The molecule has 0 aliphatic rings. The molecule has 0 rings (SSSR count). The molecule has 0 aromatic rings. The zero-order valence-corrected chi connectivity index (χ0v) is 45.2. The molecule has 0 radical (unpaired) electrons. The number of carbonyl (C=O) groups is 3. The van der Waals surface area contributed by atoms with Gasteiger partial charge in [0.05, 0.1) is 0 Å². The molecule has 0 heterocycles. The van der Waals surface area contributed by atoms with E-state index in [1.807, 2.05) is 0 Å². The van der Waals surface area contributed by atoms with Crippen molar-refractivity contribution >= 4 is 17.9 Å². The molecule has 0 N–H and O–H groups in total. The van der Waals surface area contributed by atoms with Crippen LogP contribution in [0.3, 0.4) is 0 Å². The molecule has 66 heavy (non-hydrogen) atoms. The molecule has 0 saturated carbocycles. The lowest BCUT2D eigenvalue weighted by molar-refractivity contribution is -0.167. The topological polar surface area (TPSA) is 78.9 Å². The van der Waals surface area contributed by atoms with Gasteiger partial charge in [0, 0.05) is 19.3 Å². The summed E-state index contributed by atoms with van der Waals surface area (Å²) in [5, 5.41) is 0. The Bertz CT molecular complexity index is 996. The van der Waals surface area contributed by atoms with E-state index in [1.165, 1.54) is 238 Å². The highest BCUT2D eigenvalue weighted by molar-refractivity contribution is 5.71. The van der Waals surface area contributed by atoms with Crippen LogP contribution in [0.25, 0.3) is 0 Å². The molecule has 0 aliphatic carbocycles. The van der Waals surface area contributed by atoms with E-state index in [-0.39, 0.29) is 31.1 Å². The van der Waals surface area contributed by atoms with Gasteiger partial charge in [-0.2, -0.15) is 0 Å². The molecule has 0 aromatic carbocycles. The maximum absolute atomic E-state index is 12.9. The molecule has 0 amide bonds. The highest BCUT2D eigenvalue weighted by Gasteiger charge is 2.19. The Balaban J connectivity index is 4.26. The van der Waals surface area contributed by atoms with E-state index in [9.17, 15) is 14.4 Å². The third-order valence-corrected chi connectivity index (χ3v) is 13.8. The van der Waals surface area contributed by atoms with Crippen LogP contribution in [0.1, 0.15) is 342 Å². The van der Waals surface area contributed by atoms with Crippen molar-refractivity contribution < 1.29 is 28.6 Å². The highest BCUT2D eigenvalue weighted by atomic mass is 16.6. The molecule has 0 saturated heterocycles. The maximum atomic E-state index is 12.9. The fraction of sp³-hybridized carbons (Fsp3) is 0.950. The lowest BCUT2D eigenvalue weighted by Crippen LogP contribution is -2.30. The summed E-state index contributed by atoms with van der Waals surface area (Å²) in [4.78, 5) is 38.2. The van der Waals surface area contributed by atoms with Crippen molar-refractivity contribution in [1.82, 2.24) is 0 Å². The van der Waals surface area contributed by atoms with E-state index in [1.54, 1.807) is 0 Å². The van der Waals surface area contributed by atoms with Gasteiger partial charge < -0.3 is 14.2 Å². The first-order chi connectivity index (χ1) is 32.4. The Morgan fingerprint density at radius 1 is 0.288 bits per heavy atom. The first-order valence-corrected chi connectivity index (χ1v) is 29.9. The maximum Gasteiger partial charge on any atom is 0.306 e. The Kier molecular flexibility index (Phi) is 53.0. The molecule has 0 spiro atoms. The molecule has 0 unspecified atom stereocenters. The summed E-state index contributed by atoms with van der Waals surface area (Å²) in [6, 6.07) is 0.